The van der Waals surface area contributed by atoms with Crippen LogP contribution in [0.2, 0.25) is 6.04 Å². The van der Waals surface area contributed by atoms with Crippen molar-refractivity contribution in [3.63, 3.8) is 0 Å². The minimum atomic E-state index is -2.50. The molecule has 0 radical (unpaired) electrons. The first-order valence-corrected chi connectivity index (χ1v) is 11.9. The highest BCUT2D eigenvalue weighted by molar-refractivity contribution is 8.11. The van der Waals surface area contributed by atoms with Gasteiger partial charge in [0.25, 0.3) is 0 Å². The van der Waals surface area contributed by atoms with E-state index in [0.717, 1.165) is 25.0 Å². The predicted molar refractivity (Wildman–Crippen MR) is 82.0 cm³/mol. The highest BCUT2D eigenvalue weighted by Gasteiger charge is 2.39. The predicted octanol–water partition coefficient (Wildman–Crippen LogP) is 2.83. The van der Waals surface area contributed by atoms with Gasteiger partial charge in [-0.2, -0.15) is 0 Å². The Bertz CT molecular complexity index is 242. The molecule has 0 rings (SSSR count). The molecule has 0 aromatic carbocycles. The van der Waals surface area contributed by atoms with Crippen molar-refractivity contribution in [2.45, 2.75) is 39.7 Å². The Morgan fingerprint density at radius 2 is 1.44 bits per heavy atom. The van der Waals surface area contributed by atoms with Crippen LogP contribution >= 0.6 is 6.26 Å². The molecular weight excluding hydrogens is 287 g/mol. The van der Waals surface area contributed by atoms with E-state index in [-0.39, 0.29) is 0 Å². The van der Waals surface area contributed by atoms with Gasteiger partial charge in [0.15, 0.2) is 0 Å². The molecule has 0 spiro atoms. The summed E-state index contributed by atoms with van der Waals surface area (Å²) in [6.45, 7) is 9.46. The highest BCUT2D eigenvalue weighted by Crippen LogP contribution is 2.37. The SMILES string of the molecule is CCO[Si](CCCCP(C)(O)=S)(OCC)OCC. The summed E-state index contributed by atoms with van der Waals surface area (Å²) in [4.78, 5) is 9.60. The molecule has 110 valence electrons. The van der Waals surface area contributed by atoms with Crippen LogP contribution in [0.3, 0.4) is 0 Å². The number of hydrogen-bond acceptors (Lipinski definition) is 4. The van der Waals surface area contributed by atoms with E-state index in [1.807, 2.05) is 20.8 Å². The van der Waals surface area contributed by atoms with E-state index in [1.54, 1.807) is 6.66 Å². The highest BCUT2D eigenvalue weighted by atomic mass is 32.4. The van der Waals surface area contributed by atoms with Gasteiger partial charge in [0.05, 0.1) is 6.26 Å². The van der Waals surface area contributed by atoms with E-state index < -0.39 is 15.1 Å². The van der Waals surface area contributed by atoms with E-state index >= 15 is 0 Å². The zero-order valence-corrected chi connectivity index (χ0v) is 14.7. The molecule has 0 saturated heterocycles. The second-order valence-corrected chi connectivity index (χ2v) is 11.9. The summed E-state index contributed by atoms with van der Waals surface area (Å²) in [6, 6.07) is 0.803. The van der Waals surface area contributed by atoms with Crippen molar-refractivity contribution < 1.29 is 18.2 Å². The lowest BCUT2D eigenvalue weighted by Crippen LogP contribution is -2.45. The summed E-state index contributed by atoms with van der Waals surface area (Å²) in [5, 5.41) is 0. The lowest BCUT2D eigenvalue weighted by molar-refractivity contribution is 0.0708. The normalized spacial score (nSPS) is 15.6. The molecule has 0 aliphatic carbocycles. The quantitative estimate of drug-likeness (QED) is 0.361. The molecule has 0 bridgehead atoms. The second kappa shape index (κ2) is 9.59. The van der Waals surface area contributed by atoms with Crippen molar-refractivity contribution in [1.29, 1.82) is 0 Å². The van der Waals surface area contributed by atoms with Crippen molar-refractivity contribution >= 4 is 26.9 Å². The van der Waals surface area contributed by atoms with E-state index in [2.05, 4.69) is 0 Å². The largest absolute Gasteiger partial charge is 0.500 e. The fourth-order valence-electron chi connectivity index (χ4n) is 1.75. The zero-order chi connectivity index (χ0) is 14.1. The molecule has 0 aliphatic heterocycles. The van der Waals surface area contributed by atoms with Crippen molar-refractivity contribution in [3.05, 3.63) is 0 Å². The van der Waals surface area contributed by atoms with E-state index in [4.69, 9.17) is 25.1 Å². The first kappa shape index (κ1) is 18.7. The fraction of sp³-hybridized carbons (Fsp3) is 1.00. The molecule has 0 fully saturated rings. The van der Waals surface area contributed by atoms with Crippen LogP contribution in [0.25, 0.3) is 0 Å². The van der Waals surface area contributed by atoms with Gasteiger partial charge in [-0.1, -0.05) is 11.8 Å². The monoisotopic (exact) mass is 314 g/mol. The van der Waals surface area contributed by atoms with Crippen LogP contribution in [0, 0.1) is 0 Å². The number of hydrogen-bond donors (Lipinski definition) is 1. The van der Waals surface area contributed by atoms with E-state index in [9.17, 15) is 4.89 Å². The molecule has 0 heterocycles. The Hall–Kier alpha value is 0.707. The van der Waals surface area contributed by atoms with Gasteiger partial charge in [0.1, 0.15) is 0 Å². The lowest BCUT2D eigenvalue weighted by Gasteiger charge is -2.28. The average molecular weight is 314 g/mol. The molecular formula is C11H27O4PSSi. The van der Waals surface area contributed by atoms with Crippen molar-refractivity contribution in [1.82, 2.24) is 0 Å². The molecule has 0 aromatic rings. The van der Waals surface area contributed by atoms with Crippen molar-refractivity contribution in [3.8, 4) is 0 Å². The summed E-state index contributed by atoms with van der Waals surface area (Å²) >= 11 is 5.03. The molecule has 7 heteroatoms. The van der Waals surface area contributed by atoms with Crippen LogP contribution in [-0.4, -0.2) is 46.3 Å². The van der Waals surface area contributed by atoms with E-state index in [0.29, 0.717) is 19.8 Å². The Morgan fingerprint density at radius 1 is 1.00 bits per heavy atom. The first-order valence-electron chi connectivity index (χ1n) is 6.60. The lowest BCUT2D eigenvalue weighted by atomic mass is 10.4. The van der Waals surface area contributed by atoms with Crippen LogP contribution in [0.4, 0.5) is 0 Å². The van der Waals surface area contributed by atoms with Gasteiger partial charge in [-0.05, 0) is 46.4 Å². The van der Waals surface area contributed by atoms with Gasteiger partial charge in [-0.3, -0.25) is 0 Å². The Kier molecular flexibility index (Phi) is 9.96. The molecule has 0 saturated carbocycles. The molecule has 0 aliphatic rings. The summed E-state index contributed by atoms with van der Waals surface area (Å²) in [5.41, 5.74) is 0. The second-order valence-electron chi connectivity index (χ2n) is 4.21. The zero-order valence-electron chi connectivity index (χ0n) is 12.0. The van der Waals surface area contributed by atoms with Crippen molar-refractivity contribution in [2.24, 2.45) is 0 Å². The van der Waals surface area contributed by atoms with E-state index in [1.165, 1.54) is 0 Å². The van der Waals surface area contributed by atoms with Crippen LogP contribution < -0.4 is 0 Å². The molecule has 4 nitrogen and oxygen atoms in total. The maximum atomic E-state index is 9.60. The van der Waals surface area contributed by atoms with Crippen LogP contribution in [0.5, 0.6) is 0 Å². The van der Waals surface area contributed by atoms with Gasteiger partial charge in [-0.25, -0.2) is 0 Å². The molecule has 18 heavy (non-hydrogen) atoms. The van der Waals surface area contributed by atoms with Gasteiger partial charge >= 0.3 is 8.80 Å². The summed E-state index contributed by atoms with van der Waals surface area (Å²) in [6.07, 6.45) is 0.490. The third-order valence-electron chi connectivity index (χ3n) is 2.40. The third-order valence-corrected chi connectivity index (χ3v) is 7.24. The molecule has 0 amide bonds. The van der Waals surface area contributed by atoms with Gasteiger partial charge in [0, 0.05) is 25.9 Å². The summed E-state index contributed by atoms with van der Waals surface area (Å²) in [5.74, 6) is 0. The van der Waals surface area contributed by atoms with Gasteiger partial charge < -0.3 is 18.2 Å². The fourth-order valence-corrected chi connectivity index (χ4v) is 5.63. The molecule has 1 unspecified atom stereocenters. The number of rotatable bonds is 11. The molecule has 0 aromatic heterocycles. The molecule has 1 N–H and O–H groups in total. The standard InChI is InChI=1S/C11H27O4PSSi/c1-5-13-18(14-6-2,15-7-3)11-9-8-10-16(4,12)17/h5-11H2,1-4H3,(H,12,17). The minimum Gasteiger partial charge on any atom is -0.374 e. The van der Waals surface area contributed by atoms with Crippen LogP contribution in [0.1, 0.15) is 33.6 Å². The topological polar surface area (TPSA) is 47.9 Å². The van der Waals surface area contributed by atoms with Crippen LogP contribution in [0.15, 0.2) is 0 Å². The Morgan fingerprint density at radius 3 is 1.78 bits per heavy atom. The average Bonchev–Trinajstić information content (AvgIpc) is 2.24. The Labute approximate surface area is 117 Å². The summed E-state index contributed by atoms with van der Waals surface area (Å²) < 4.78 is 17.3. The summed E-state index contributed by atoms with van der Waals surface area (Å²) in [7, 11) is -2.50. The Balaban J connectivity index is 4.25. The maximum absolute atomic E-state index is 9.60. The first-order chi connectivity index (χ1) is 8.39. The van der Waals surface area contributed by atoms with Crippen molar-refractivity contribution in [2.75, 3.05) is 32.6 Å². The molecule has 1 atom stereocenters. The van der Waals surface area contributed by atoms with Crippen LogP contribution in [-0.2, 0) is 25.1 Å². The number of unbranched alkanes of at least 4 members (excludes halogenated alkanes) is 1. The smallest absolute Gasteiger partial charge is 0.374 e. The van der Waals surface area contributed by atoms with Gasteiger partial charge in [-0.15, -0.1) is 0 Å². The minimum absolute atomic E-state index is 0.609. The maximum Gasteiger partial charge on any atom is 0.500 e. The van der Waals surface area contributed by atoms with Gasteiger partial charge in [0.2, 0.25) is 0 Å². The third kappa shape index (κ3) is 8.75.